The van der Waals surface area contributed by atoms with E-state index in [0.29, 0.717) is 10.9 Å². The molecule has 0 aliphatic rings. The third-order valence-electron chi connectivity index (χ3n) is 3.68. The molecule has 0 aliphatic carbocycles. The highest BCUT2D eigenvalue weighted by molar-refractivity contribution is 7.18. The highest BCUT2D eigenvalue weighted by Crippen LogP contribution is 2.26. The molecule has 0 unspecified atom stereocenters. The van der Waals surface area contributed by atoms with Gasteiger partial charge in [-0.25, -0.2) is 0 Å². The number of nitrogens with zero attached hydrogens (tertiary/aromatic N) is 2. The number of hydrogen-bond donors (Lipinski definition) is 1. The van der Waals surface area contributed by atoms with E-state index in [0.717, 1.165) is 21.7 Å². The van der Waals surface area contributed by atoms with Crippen molar-refractivity contribution in [2.45, 2.75) is 26.9 Å². The van der Waals surface area contributed by atoms with Crippen LogP contribution in [0, 0.1) is 13.8 Å². The Kier molecular flexibility index (Phi) is 5.09. The summed E-state index contributed by atoms with van der Waals surface area (Å²) in [6, 6.07) is 15.6. The number of aromatic nitrogens is 2. The van der Waals surface area contributed by atoms with E-state index in [1.807, 2.05) is 62.4 Å². The molecule has 6 heteroatoms. The van der Waals surface area contributed by atoms with E-state index in [-0.39, 0.29) is 5.91 Å². The van der Waals surface area contributed by atoms with Crippen LogP contribution in [-0.4, -0.2) is 22.2 Å². The molecule has 25 heavy (non-hydrogen) atoms. The van der Waals surface area contributed by atoms with E-state index in [2.05, 4.69) is 15.5 Å². The van der Waals surface area contributed by atoms with Crippen LogP contribution in [0.15, 0.2) is 48.5 Å². The number of ether oxygens (including phenoxy) is 1. The zero-order valence-electron chi connectivity index (χ0n) is 14.3. The number of rotatable bonds is 5. The van der Waals surface area contributed by atoms with Crippen molar-refractivity contribution in [3.05, 3.63) is 59.7 Å². The molecule has 0 saturated heterocycles. The maximum absolute atomic E-state index is 12.3. The predicted octanol–water partition coefficient (Wildman–Crippen LogP) is 4.23. The molecule has 3 rings (SSSR count). The molecular weight excluding hydrogens is 334 g/mol. The van der Waals surface area contributed by atoms with Crippen molar-refractivity contribution in [1.82, 2.24) is 10.2 Å². The third kappa shape index (κ3) is 4.22. The first kappa shape index (κ1) is 17.1. The van der Waals surface area contributed by atoms with Gasteiger partial charge in [0.2, 0.25) is 5.13 Å². The van der Waals surface area contributed by atoms with Crippen LogP contribution in [0.25, 0.3) is 10.6 Å². The van der Waals surface area contributed by atoms with Crippen molar-refractivity contribution in [2.75, 3.05) is 5.32 Å². The molecule has 5 nitrogen and oxygen atoms in total. The first-order chi connectivity index (χ1) is 12.0. The molecule has 1 atom stereocenters. The highest BCUT2D eigenvalue weighted by atomic mass is 32.1. The zero-order chi connectivity index (χ0) is 17.8. The normalized spacial score (nSPS) is 11.8. The van der Waals surface area contributed by atoms with Crippen LogP contribution in [0.4, 0.5) is 5.13 Å². The smallest absolute Gasteiger partial charge is 0.266 e. The predicted molar refractivity (Wildman–Crippen MR) is 100.0 cm³/mol. The van der Waals surface area contributed by atoms with Gasteiger partial charge in [0.15, 0.2) is 6.10 Å². The number of aryl methyl sites for hydroxylation is 2. The average molecular weight is 353 g/mol. The van der Waals surface area contributed by atoms with Crippen molar-refractivity contribution in [3.8, 4) is 16.3 Å². The van der Waals surface area contributed by atoms with Crippen LogP contribution in [0.1, 0.15) is 18.1 Å². The Balaban J connectivity index is 1.65. The summed E-state index contributed by atoms with van der Waals surface area (Å²) in [5, 5.41) is 12.1. The number of anilines is 1. The molecule has 0 saturated carbocycles. The topological polar surface area (TPSA) is 64.1 Å². The Morgan fingerprint density at radius 2 is 1.88 bits per heavy atom. The quantitative estimate of drug-likeness (QED) is 0.745. The van der Waals surface area contributed by atoms with E-state index in [1.54, 1.807) is 6.92 Å². The number of carbonyl (C=O) groups is 1. The molecule has 0 spiro atoms. The van der Waals surface area contributed by atoms with Crippen LogP contribution in [-0.2, 0) is 4.79 Å². The van der Waals surface area contributed by atoms with Gasteiger partial charge in [0, 0.05) is 5.56 Å². The van der Waals surface area contributed by atoms with Gasteiger partial charge >= 0.3 is 0 Å². The van der Waals surface area contributed by atoms with Crippen LogP contribution < -0.4 is 10.1 Å². The van der Waals surface area contributed by atoms with Crippen LogP contribution in [0.3, 0.4) is 0 Å². The molecule has 0 bridgehead atoms. The molecule has 0 fully saturated rings. The minimum absolute atomic E-state index is 0.254. The Morgan fingerprint density at radius 1 is 1.12 bits per heavy atom. The summed E-state index contributed by atoms with van der Waals surface area (Å²) < 4.78 is 5.77. The van der Waals surface area contributed by atoms with Gasteiger partial charge in [0.05, 0.1) is 0 Å². The molecular formula is C19H19N3O2S. The van der Waals surface area contributed by atoms with E-state index >= 15 is 0 Å². The summed E-state index contributed by atoms with van der Waals surface area (Å²) in [5.41, 5.74) is 3.13. The van der Waals surface area contributed by atoms with Gasteiger partial charge < -0.3 is 4.74 Å². The molecule has 1 amide bonds. The third-order valence-corrected chi connectivity index (χ3v) is 4.57. The molecule has 128 valence electrons. The lowest BCUT2D eigenvalue weighted by Gasteiger charge is -2.15. The molecule has 1 heterocycles. The fourth-order valence-electron chi connectivity index (χ4n) is 2.35. The summed E-state index contributed by atoms with van der Waals surface area (Å²) in [4.78, 5) is 12.3. The van der Waals surface area contributed by atoms with E-state index in [9.17, 15) is 4.79 Å². The minimum atomic E-state index is -0.634. The van der Waals surface area contributed by atoms with E-state index in [4.69, 9.17) is 4.74 Å². The number of carbonyl (C=O) groups excluding carboxylic acids is 1. The van der Waals surface area contributed by atoms with Crippen LogP contribution >= 0.6 is 11.3 Å². The molecule has 0 aliphatic heterocycles. The van der Waals surface area contributed by atoms with Crippen molar-refractivity contribution < 1.29 is 9.53 Å². The van der Waals surface area contributed by atoms with Gasteiger partial charge in [-0.15, -0.1) is 10.2 Å². The zero-order valence-corrected chi connectivity index (χ0v) is 15.1. The fraction of sp³-hybridized carbons (Fsp3) is 0.211. The molecule has 2 aromatic carbocycles. The van der Waals surface area contributed by atoms with Crippen molar-refractivity contribution in [3.63, 3.8) is 0 Å². The molecule has 3 aromatic rings. The Morgan fingerprint density at radius 3 is 2.60 bits per heavy atom. The summed E-state index contributed by atoms with van der Waals surface area (Å²) in [5.74, 6) is 0.450. The second kappa shape index (κ2) is 7.44. The van der Waals surface area contributed by atoms with E-state index in [1.165, 1.54) is 11.3 Å². The summed E-state index contributed by atoms with van der Waals surface area (Å²) in [6.45, 7) is 5.70. The lowest BCUT2D eigenvalue weighted by Crippen LogP contribution is -2.30. The first-order valence-corrected chi connectivity index (χ1v) is 8.78. The number of amides is 1. The second-order valence-electron chi connectivity index (χ2n) is 5.80. The van der Waals surface area contributed by atoms with Gasteiger partial charge in [-0.2, -0.15) is 0 Å². The minimum Gasteiger partial charge on any atom is -0.481 e. The number of benzene rings is 2. The van der Waals surface area contributed by atoms with Gasteiger partial charge in [-0.3, -0.25) is 10.1 Å². The van der Waals surface area contributed by atoms with Gasteiger partial charge in [0.25, 0.3) is 5.91 Å². The largest absolute Gasteiger partial charge is 0.481 e. The van der Waals surface area contributed by atoms with Gasteiger partial charge in [-0.1, -0.05) is 59.4 Å². The molecule has 0 radical (unpaired) electrons. The van der Waals surface area contributed by atoms with Crippen LogP contribution in [0.5, 0.6) is 5.75 Å². The first-order valence-electron chi connectivity index (χ1n) is 7.96. The maximum Gasteiger partial charge on any atom is 0.266 e. The van der Waals surface area contributed by atoms with Gasteiger partial charge in [0.1, 0.15) is 10.8 Å². The number of hydrogen-bond acceptors (Lipinski definition) is 5. The lowest BCUT2D eigenvalue weighted by atomic mass is 10.1. The lowest BCUT2D eigenvalue weighted by molar-refractivity contribution is -0.122. The summed E-state index contributed by atoms with van der Waals surface area (Å²) >= 11 is 1.33. The molecule has 1 N–H and O–H groups in total. The summed E-state index contributed by atoms with van der Waals surface area (Å²) in [6.07, 6.45) is -0.634. The Hall–Kier alpha value is -2.73. The number of nitrogens with one attached hydrogen (secondary N) is 1. The summed E-state index contributed by atoms with van der Waals surface area (Å²) in [7, 11) is 0. The van der Waals surface area contributed by atoms with Gasteiger partial charge in [-0.05, 0) is 32.4 Å². The Labute approximate surface area is 150 Å². The maximum atomic E-state index is 12.3. The SMILES string of the molecule is Cc1ccc(O[C@H](C)C(=O)Nc2nnc(-c3ccccc3)s2)c(C)c1. The monoisotopic (exact) mass is 353 g/mol. The van der Waals surface area contributed by atoms with Crippen LogP contribution in [0.2, 0.25) is 0 Å². The molecule has 1 aromatic heterocycles. The fourth-order valence-corrected chi connectivity index (χ4v) is 3.11. The standard InChI is InChI=1S/C19H19N3O2S/c1-12-9-10-16(13(2)11-12)24-14(3)17(23)20-19-22-21-18(25-19)15-7-5-4-6-8-15/h4-11,14H,1-3H3,(H,20,22,23)/t14-/m1/s1. The highest BCUT2D eigenvalue weighted by Gasteiger charge is 2.18. The van der Waals surface area contributed by atoms with Crippen molar-refractivity contribution >= 4 is 22.4 Å². The Bertz CT molecular complexity index is 877. The van der Waals surface area contributed by atoms with Crippen molar-refractivity contribution in [2.24, 2.45) is 0 Å². The average Bonchev–Trinajstić information content (AvgIpc) is 3.06. The second-order valence-corrected chi connectivity index (χ2v) is 6.77. The van der Waals surface area contributed by atoms with Crippen molar-refractivity contribution in [1.29, 1.82) is 0 Å². The van der Waals surface area contributed by atoms with E-state index < -0.39 is 6.10 Å².